The zero-order valence-corrected chi connectivity index (χ0v) is 6.57. The Morgan fingerprint density at radius 1 is 0.909 bits per heavy atom. The summed E-state index contributed by atoms with van der Waals surface area (Å²) in [7, 11) is 0. The van der Waals surface area contributed by atoms with Gasteiger partial charge in [0.1, 0.15) is 0 Å². The summed E-state index contributed by atoms with van der Waals surface area (Å²) < 4.78 is 0. The van der Waals surface area contributed by atoms with Crippen molar-refractivity contribution < 1.29 is 0 Å². The van der Waals surface area contributed by atoms with Crippen LogP contribution in [-0.4, -0.2) is 0 Å². The summed E-state index contributed by atoms with van der Waals surface area (Å²) in [6, 6.07) is 1.90. The Morgan fingerprint density at radius 3 is 2.00 bits per heavy atom. The van der Waals surface area contributed by atoms with Gasteiger partial charge in [0, 0.05) is 6.08 Å². The number of hydrogen-bond donors (Lipinski definition) is 0. The van der Waals surface area contributed by atoms with Gasteiger partial charge < -0.3 is 0 Å². The van der Waals surface area contributed by atoms with Gasteiger partial charge in [-0.25, -0.2) is 0 Å². The first-order valence-corrected chi connectivity index (χ1v) is 3.42. The Hall–Kier alpha value is -1.55. The lowest BCUT2D eigenvalue weighted by molar-refractivity contribution is 1.53. The van der Waals surface area contributed by atoms with Crippen molar-refractivity contribution >= 4 is 0 Å². The van der Waals surface area contributed by atoms with Gasteiger partial charge in [0.2, 0.25) is 0 Å². The molecule has 0 bridgehead atoms. The lowest BCUT2D eigenvalue weighted by Crippen LogP contribution is -1.50. The molecule has 0 radical (unpaired) electrons. The molecule has 56 valence electrons. The van der Waals surface area contributed by atoms with Gasteiger partial charge in [0.05, 0.1) is 6.07 Å². The normalized spacial score (nSPS) is 12.4. The minimum Gasteiger partial charge on any atom is -0.193 e. The van der Waals surface area contributed by atoms with Crippen LogP contribution < -0.4 is 0 Å². The van der Waals surface area contributed by atoms with E-state index in [1.165, 1.54) is 6.08 Å². The maximum Gasteiger partial charge on any atom is 0.0912 e. The molecular weight excluding hydrogens is 134 g/mol. The highest BCUT2D eigenvalue weighted by Crippen LogP contribution is 1.80. The topological polar surface area (TPSA) is 23.8 Å². The minimum atomic E-state index is 1.43. The van der Waals surface area contributed by atoms with Crippen molar-refractivity contribution in [2.75, 3.05) is 0 Å². The third-order valence-corrected chi connectivity index (χ3v) is 0.919. The molecule has 1 nitrogen and oxygen atoms in total. The van der Waals surface area contributed by atoms with Crippen LogP contribution >= 0.6 is 0 Å². The molecule has 0 atom stereocenters. The van der Waals surface area contributed by atoms with Crippen LogP contribution in [0, 0.1) is 11.3 Å². The van der Waals surface area contributed by atoms with Gasteiger partial charge in [-0.2, -0.15) is 5.26 Å². The maximum absolute atomic E-state index is 8.11. The van der Waals surface area contributed by atoms with Gasteiger partial charge in [-0.05, 0) is 6.92 Å². The van der Waals surface area contributed by atoms with Crippen molar-refractivity contribution in [2.45, 2.75) is 6.92 Å². The van der Waals surface area contributed by atoms with E-state index in [4.69, 9.17) is 5.26 Å². The molecule has 0 aromatic rings. The van der Waals surface area contributed by atoms with Gasteiger partial charge in [-0.15, -0.1) is 0 Å². The van der Waals surface area contributed by atoms with E-state index in [2.05, 4.69) is 0 Å². The van der Waals surface area contributed by atoms with Crippen molar-refractivity contribution in [2.24, 2.45) is 0 Å². The number of rotatable bonds is 3. The average molecular weight is 145 g/mol. The fourth-order valence-corrected chi connectivity index (χ4v) is 0.466. The summed E-state index contributed by atoms with van der Waals surface area (Å²) in [4.78, 5) is 0. The van der Waals surface area contributed by atoms with E-state index in [1.54, 1.807) is 6.08 Å². The predicted molar refractivity (Wildman–Crippen MR) is 47.8 cm³/mol. The minimum absolute atomic E-state index is 1.43. The Morgan fingerprint density at radius 2 is 1.45 bits per heavy atom. The molecule has 0 N–H and O–H groups in total. The van der Waals surface area contributed by atoms with E-state index in [1.807, 2.05) is 49.4 Å². The Balaban J connectivity index is 3.62. The monoisotopic (exact) mass is 145 g/mol. The summed E-state index contributed by atoms with van der Waals surface area (Å²) in [5.74, 6) is 0. The first kappa shape index (κ1) is 9.45. The van der Waals surface area contributed by atoms with Gasteiger partial charge in [-0.3, -0.25) is 0 Å². The van der Waals surface area contributed by atoms with Gasteiger partial charge in [0.15, 0.2) is 0 Å². The molecule has 0 saturated carbocycles. The highest BCUT2D eigenvalue weighted by Gasteiger charge is 1.60. The Kier molecular flexibility index (Phi) is 7.26. The highest BCUT2D eigenvalue weighted by atomic mass is 14.2. The summed E-state index contributed by atoms with van der Waals surface area (Å²) in [6.45, 7) is 1.96. The quantitative estimate of drug-likeness (QED) is 0.442. The van der Waals surface area contributed by atoms with Crippen LogP contribution in [0.1, 0.15) is 6.92 Å². The Labute approximate surface area is 67.7 Å². The zero-order chi connectivity index (χ0) is 8.36. The van der Waals surface area contributed by atoms with Gasteiger partial charge in [0.25, 0.3) is 0 Å². The van der Waals surface area contributed by atoms with E-state index in [0.29, 0.717) is 0 Å². The molecule has 0 aromatic heterocycles. The first-order chi connectivity index (χ1) is 5.41. The summed E-state index contributed by atoms with van der Waals surface area (Å²) in [5, 5.41) is 8.11. The van der Waals surface area contributed by atoms with E-state index >= 15 is 0 Å². The summed E-state index contributed by atoms with van der Waals surface area (Å²) in [6.07, 6.45) is 14.5. The maximum atomic E-state index is 8.11. The molecule has 0 aromatic carbocycles. The van der Waals surface area contributed by atoms with Crippen LogP contribution in [0.5, 0.6) is 0 Å². The van der Waals surface area contributed by atoms with Crippen molar-refractivity contribution in [1.82, 2.24) is 0 Å². The number of nitrogens with zero attached hydrogens (tertiary/aromatic N) is 1. The molecule has 0 rings (SSSR count). The third kappa shape index (κ3) is 8.45. The number of nitriles is 1. The molecule has 11 heavy (non-hydrogen) atoms. The lowest BCUT2D eigenvalue weighted by Gasteiger charge is -1.70. The standard InChI is InChI=1S/C10H11N/c1-2-3-4-5-6-7-8-9-10-11/h2-9H,1H3. The third-order valence-electron chi connectivity index (χ3n) is 0.919. The molecular formula is C10H11N. The first-order valence-electron chi connectivity index (χ1n) is 3.42. The number of allylic oxidation sites excluding steroid dienone is 8. The largest absolute Gasteiger partial charge is 0.193 e. The van der Waals surface area contributed by atoms with E-state index < -0.39 is 0 Å². The summed E-state index contributed by atoms with van der Waals surface area (Å²) in [5.41, 5.74) is 0. The molecule has 0 amide bonds. The van der Waals surface area contributed by atoms with E-state index in [9.17, 15) is 0 Å². The smallest absolute Gasteiger partial charge is 0.0912 e. The zero-order valence-electron chi connectivity index (χ0n) is 6.57. The predicted octanol–water partition coefficient (Wildman–Crippen LogP) is 2.75. The molecule has 0 heterocycles. The van der Waals surface area contributed by atoms with E-state index in [0.717, 1.165) is 0 Å². The van der Waals surface area contributed by atoms with E-state index in [-0.39, 0.29) is 0 Å². The Bertz CT molecular complexity index is 224. The molecule has 1 heteroatoms. The highest BCUT2D eigenvalue weighted by molar-refractivity contribution is 5.17. The lowest BCUT2D eigenvalue weighted by atomic mass is 10.4. The molecule has 0 fully saturated rings. The van der Waals surface area contributed by atoms with Gasteiger partial charge >= 0.3 is 0 Å². The fraction of sp³-hybridized carbons (Fsp3) is 0.100. The second-order valence-corrected chi connectivity index (χ2v) is 1.78. The van der Waals surface area contributed by atoms with Gasteiger partial charge in [-0.1, -0.05) is 42.5 Å². The van der Waals surface area contributed by atoms with Crippen LogP contribution in [0.15, 0.2) is 48.6 Å². The molecule has 0 saturated heterocycles. The fourth-order valence-electron chi connectivity index (χ4n) is 0.466. The molecule has 0 aliphatic carbocycles. The van der Waals surface area contributed by atoms with Crippen LogP contribution in [0.2, 0.25) is 0 Å². The van der Waals surface area contributed by atoms with Crippen LogP contribution in [-0.2, 0) is 0 Å². The van der Waals surface area contributed by atoms with Crippen molar-refractivity contribution in [3.63, 3.8) is 0 Å². The van der Waals surface area contributed by atoms with Crippen molar-refractivity contribution in [3.8, 4) is 6.07 Å². The molecule has 0 aliphatic rings. The molecule has 0 spiro atoms. The van der Waals surface area contributed by atoms with Crippen LogP contribution in [0.25, 0.3) is 0 Å². The summed E-state index contributed by atoms with van der Waals surface area (Å²) >= 11 is 0. The second-order valence-electron chi connectivity index (χ2n) is 1.78. The van der Waals surface area contributed by atoms with Crippen LogP contribution in [0.3, 0.4) is 0 Å². The van der Waals surface area contributed by atoms with Crippen molar-refractivity contribution in [3.05, 3.63) is 48.6 Å². The van der Waals surface area contributed by atoms with Crippen molar-refractivity contribution in [1.29, 1.82) is 5.26 Å². The average Bonchev–Trinajstić information content (AvgIpc) is 2.03. The number of hydrogen-bond acceptors (Lipinski definition) is 1. The molecule has 0 aliphatic heterocycles. The SMILES string of the molecule is CC=CC=CC=CC=CC#N. The van der Waals surface area contributed by atoms with Crippen LogP contribution in [0.4, 0.5) is 0 Å². The second kappa shape index (κ2) is 8.45. The molecule has 0 unspecified atom stereocenters.